The summed E-state index contributed by atoms with van der Waals surface area (Å²) >= 11 is 0. The second-order valence-electron chi connectivity index (χ2n) is 5.27. The number of hydrogen-bond acceptors (Lipinski definition) is 6. The third kappa shape index (κ3) is 2.24. The number of barbiturate groups is 1. The predicted octanol–water partition coefficient (Wildman–Crippen LogP) is 0.932. The minimum absolute atomic E-state index is 0.0408. The van der Waals surface area contributed by atoms with Crippen molar-refractivity contribution >= 4 is 34.9 Å². The number of amides is 4. The van der Waals surface area contributed by atoms with Crippen LogP contribution in [-0.2, 0) is 9.59 Å². The minimum Gasteiger partial charge on any atom is -0.508 e. The van der Waals surface area contributed by atoms with E-state index in [9.17, 15) is 24.3 Å². The number of fused-ring (bicyclic) bond motifs is 1. The number of benzene rings is 1. The highest BCUT2D eigenvalue weighted by Crippen LogP contribution is 2.20. The molecule has 1 aromatic carbocycles. The standard InChI is InChI=1S/C16H12N2O6/c1-17-14(21)11(15(22)18(2)16(17)23)5-8-7-24-12-4-3-9(19)6-10(12)13(8)20/h3-7,19H,1-2H3. The molecule has 1 saturated heterocycles. The Hall–Kier alpha value is -3.42. The lowest BCUT2D eigenvalue weighted by Crippen LogP contribution is -2.53. The van der Waals surface area contributed by atoms with E-state index in [2.05, 4.69) is 0 Å². The molecule has 8 heteroatoms. The first-order chi connectivity index (χ1) is 11.3. The molecule has 0 bridgehead atoms. The fraction of sp³-hybridized carbons (Fsp3) is 0.125. The van der Waals surface area contributed by atoms with Gasteiger partial charge >= 0.3 is 6.03 Å². The topological polar surface area (TPSA) is 108 Å². The summed E-state index contributed by atoms with van der Waals surface area (Å²) in [5.41, 5.74) is -0.625. The van der Waals surface area contributed by atoms with Gasteiger partial charge in [-0.1, -0.05) is 0 Å². The molecule has 0 saturated carbocycles. The van der Waals surface area contributed by atoms with Gasteiger partial charge in [0.15, 0.2) is 5.43 Å². The van der Waals surface area contributed by atoms with Crippen molar-refractivity contribution < 1.29 is 23.9 Å². The molecule has 2 heterocycles. The van der Waals surface area contributed by atoms with Gasteiger partial charge in [0.1, 0.15) is 23.2 Å². The second-order valence-corrected chi connectivity index (χ2v) is 5.27. The van der Waals surface area contributed by atoms with E-state index in [0.29, 0.717) is 0 Å². The molecule has 122 valence electrons. The molecule has 8 nitrogen and oxygen atoms in total. The molecule has 1 aliphatic rings. The summed E-state index contributed by atoms with van der Waals surface area (Å²) in [5.74, 6) is -1.73. The number of imide groups is 2. The van der Waals surface area contributed by atoms with Crippen LogP contribution in [0.3, 0.4) is 0 Å². The number of phenols is 1. The number of likely N-dealkylation sites (N-methyl/N-ethyl adjacent to an activating group) is 2. The molecule has 1 fully saturated rings. The maximum absolute atomic E-state index is 12.5. The highest BCUT2D eigenvalue weighted by molar-refractivity contribution is 6.30. The van der Waals surface area contributed by atoms with Gasteiger partial charge in [0.05, 0.1) is 10.9 Å². The summed E-state index contributed by atoms with van der Waals surface area (Å²) in [7, 11) is 2.48. The van der Waals surface area contributed by atoms with Crippen molar-refractivity contribution in [2.75, 3.05) is 14.1 Å². The number of carbonyl (C=O) groups is 3. The van der Waals surface area contributed by atoms with Gasteiger partial charge in [-0.05, 0) is 24.3 Å². The zero-order valence-electron chi connectivity index (χ0n) is 12.8. The van der Waals surface area contributed by atoms with Crippen LogP contribution in [0.15, 0.2) is 39.2 Å². The van der Waals surface area contributed by atoms with E-state index in [0.717, 1.165) is 22.1 Å². The molecular formula is C16H12N2O6. The largest absolute Gasteiger partial charge is 0.508 e. The van der Waals surface area contributed by atoms with Crippen molar-refractivity contribution in [3.05, 3.63) is 45.8 Å². The van der Waals surface area contributed by atoms with Gasteiger partial charge in [0.25, 0.3) is 11.8 Å². The molecule has 1 aliphatic heterocycles. The van der Waals surface area contributed by atoms with Gasteiger partial charge in [-0.3, -0.25) is 24.2 Å². The maximum Gasteiger partial charge on any atom is 0.333 e. The summed E-state index contributed by atoms with van der Waals surface area (Å²) in [5, 5.41) is 9.60. The summed E-state index contributed by atoms with van der Waals surface area (Å²) in [4.78, 5) is 50.0. The Labute approximate surface area is 135 Å². The van der Waals surface area contributed by atoms with Crippen LogP contribution in [0.4, 0.5) is 4.79 Å². The summed E-state index contributed by atoms with van der Waals surface area (Å²) in [6, 6.07) is 3.28. The van der Waals surface area contributed by atoms with Crippen LogP contribution >= 0.6 is 0 Å². The van der Waals surface area contributed by atoms with Gasteiger partial charge in [-0.2, -0.15) is 0 Å². The van der Waals surface area contributed by atoms with Crippen molar-refractivity contribution in [1.82, 2.24) is 9.80 Å². The summed E-state index contributed by atoms with van der Waals surface area (Å²) < 4.78 is 5.29. The average molecular weight is 328 g/mol. The quantitative estimate of drug-likeness (QED) is 0.616. The first-order valence-electron chi connectivity index (χ1n) is 6.87. The molecular weight excluding hydrogens is 316 g/mol. The third-order valence-corrected chi connectivity index (χ3v) is 3.73. The lowest BCUT2D eigenvalue weighted by atomic mass is 10.1. The Balaban J connectivity index is 2.17. The highest BCUT2D eigenvalue weighted by Gasteiger charge is 2.37. The zero-order valence-corrected chi connectivity index (χ0v) is 12.8. The van der Waals surface area contributed by atoms with Crippen LogP contribution < -0.4 is 5.43 Å². The van der Waals surface area contributed by atoms with E-state index in [1.807, 2.05) is 0 Å². The molecule has 0 radical (unpaired) electrons. The van der Waals surface area contributed by atoms with Crippen LogP contribution in [0.1, 0.15) is 5.56 Å². The lowest BCUT2D eigenvalue weighted by molar-refractivity contribution is -0.134. The van der Waals surface area contributed by atoms with Crippen LogP contribution in [0.2, 0.25) is 0 Å². The number of urea groups is 1. The van der Waals surface area contributed by atoms with Gasteiger partial charge in [-0.25, -0.2) is 4.79 Å². The number of phenolic OH excluding ortho intramolecular Hbond substituents is 1. The van der Waals surface area contributed by atoms with Crippen LogP contribution in [0, 0.1) is 0 Å². The second kappa shape index (κ2) is 5.34. The van der Waals surface area contributed by atoms with E-state index < -0.39 is 23.3 Å². The number of aromatic hydroxyl groups is 1. The fourth-order valence-corrected chi connectivity index (χ4v) is 2.36. The van der Waals surface area contributed by atoms with Gasteiger partial charge in [0.2, 0.25) is 0 Å². The van der Waals surface area contributed by atoms with Gasteiger partial charge < -0.3 is 9.52 Å². The molecule has 0 unspecified atom stereocenters. The Morgan fingerprint density at radius 1 is 1.04 bits per heavy atom. The van der Waals surface area contributed by atoms with Gasteiger partial charge in [-0.15, -0.1) is 0 Å². The van der Waals surface area contributed by atoms with Gasteiger partial charge in [0, 0.05) is 14.1 Å². The average Bonchev–Trinajstić information content (AvgIpc) is 2.57. The number of hydrogen-bond donors (Lipinski definition) is 1. The van der Waals surface area contributed by atoms with Crippen molar-refractivity contribution in [2.45, 2.75) is 0 Å². The third-order valence-electron chi connectivity index (χ3n) is 3.73. The normalized spacial score (nSPS) is 15.4. The zero-order chi connectivity index (χ0) is 17.6. The van der Waals surface area contributed by atoms with Crippen LogP contribution in [-0.4, -0.2) is 46.8 Å². The Kier molecular flexibility index (Phi) is 3.44. The fourth-order valence-electron chi connectivity index (χ4n) is 2.36. The molecule has 24 heavy (non-hydrogen) atoms. The Bertz CT molecular complexity index is 962. The molecule has 1 aromatic heterocycles. The molecule has 3 rings (SSSR count). The minimum atomic E-state index is -0.807. The highest BCUT2D eigenvalue weighted by atomic mass is 16.3. The first kappa shape index (κ1) is 15.5. The SMILES string of the molecule is CN1C(=O)C(=Cc2coc3ccc(O)cc3c2=O)C(=O)N(C)C1=O. The van der Waals surface area contributed by atoms with Crippen molar-refractivity contribution in [1.29, 1.82) is 0 Å². The van der Waals surface area contributed by atoms with Crippen molar-refractivity contribution in [2.24, 2.45) is 0 Å². The molecule has 0 spiro atoms. The summed E-state index contributed by atoms with van der Waals surface area (Å²) in [6.45, 7) is 0. The van der Waals surface area contributed by atoms with E-state index >= 15 is 0 Å². The lowest BCUT2D eigenvalue weighted by Gasteiger charge is -2.28. The number of carbonyl (C=O) groups excluding carboxylic acids is 3. The number of rotatable bonds is 1. The van der Waals surface area contributed by atoms with Crippen molar-refractivity contribution in [3.63, 3.8) is 0 Å². The van der Waals surface area contributed by atoms with E-state index in [1.54, 1.807) is 0 Å². The first-order valence-corrected chi connectivity index (χ1v) is 6.87. The van der Waals surface area contributed by atoms with E-state index in [4.69, 9.17) is 4.42 Å². The van der Waals surface area contributed by atoms with Crippen LogP contribution in [0.5, 0.6) is 5.75 Å². The van der Waals surface area contributed by atoms with E-state index in [-0.39, 0.29) is 27.9 Å². The Morgan fingerprint density at radius 2 is 1.67 bits per heavy atom. The van der Waals surface area contributed by atoms with E-state index in [1.165, 1.54) is 32.3 Å². The Morgan fingerprint density at radius 3 is 2.29 bits per heavy atom. The van der Waals surface area contributed by atoms with Crippen molar-refractivity contribution in [3.8, 4) is 5.75 Å². The number of nitrogens with zero attached hydrogens (tertiary/aromatic N) is 2. The molecule has 1 N–H and O–H groups in total. The predicted molar refractivity (Wildman–Crippen MR) is 83.1 cm³/mol. The molecule has 0 aliphatic carbocycles. The molecule has 2 aromatic rings. The monoisotopic (exact) mass is 328 g/mol. The summed E-state index contributed by atoms with van der Waals surface area (Å²) in [6.07, 6.45) is 2.20. The maximum atomic E-state index is 12.5. The van der Waals surface area contributed by atoms with Crippen LogP contribution in [0.25, 0.3) is 17.0 Å². The smallest absolute Gasteiger partial charge is 0.333 e. The molecule has 4 amide bonds. The molecule has 0 atom stereocenters.